The van der Waals surface area contributed by atoms with Crippen molar-refractivity contribution in [3.05, 3.63) is 53.7 Å². The fourth-order valence-electron chi connectivity index (χ4n) is 2.09. The minimum absolute atomic E-state index is 0.246. The summed E-state index contributed by atoms with van der Waals surface area (Å²) in [7, 11) is 5.31. The average Bonchev–Trinajstić information content (AvgIpc) is 2.61. The number of pyridine rings is 1. The number of carbonyl (C=O) groups excluding carboxylic acids is 2. The van der Waals surface area contributed by atoms with Crippen molar-refractivity contribution in [3.63, 3.8) is 0 Å². The van der Waals surface area contributed by atoms with E-state index in [4.69, 9.17) is 0 Å². The number of benzene rings is 1. The molecule has 1 aromatic carbocycles. The van der Waals surface area contributed by atoms with Gasteiger partial charge in [0.1, 0.15) is 5.82 Å². The number of methoxy groups -OCH3 is 1. The summed E-state index contributed by atoms with van der Waals surface area (Å²) in [5, 5.41) is 5.97. The van der Waals surface area contributed by atoms with Gasteiger partial charge >= 0.3 is 5.97 Å². The van der Waals surface area contributed by atoms with Crippen LogP contribution in [0, 0.1) is 0 Å². The van der Waals surface area contributed by atoms with E-state index in [1.54, 1.807) is 42.6 Å². The molecule has 2 N–H and O–H groups in total. The predicted molar refractivity (Wildman–Crippen MR) is 97.0 cm³/mol. The first-order chi connectivity index (χ1) is 12.0. The Morgan fingerprint density at radius 2 is 1.84 bits per heavy atom. The number of hydrogen-bond donors (Lipinski definition) is 2. The number of esters is 1. The molecule has 25 heavy (non-hydrogen) atoms. The van der Waals surface area contributed by atoms with Crippen LogP contribution in [0.2, 0.25) is 0 Å². The normalized spacial score (nSPS) is 10.4. The molecule has 1 aromatic heterocycles. The van der Waals surface area contributed by atoms with Gasteiger partial charge in [-0.1, -0.05) is 0 Å². The number of aromatic nitrogens is 1. The van der Waals surface area contributed by atoms with Gasteiger partial charge in [0.2, 0.25) is 0 Å². The third-order valence-electron chi connectivity index (χ3n) is 3.45. The van der Waals surface area contributed by atoms with Crippen LogP contribution in [0.25, 0.3) is 0 Å². The van der Waals surface area contributed by atoms with Crippen LogP contribution in [0.15, 0.2) is 42.6 Å². The average molecular weight is 342 g/mol. The van der Waals surface area contributed by atoms with E-state index < -0.39 is 5.97 Å². The smallest absolute Gasteiger partial charge is 0.337 e. The minimum Gasteiger partial charge on any atom is -0.465 e. The molecule has 0 saturated heterocycles. The molecule has 0 saturated carbocycles. The number of hydrogen-bond acceptors (Lipinski definition) is 6. The molecule has 7 heteroatoms. The Kier molecular flexibility index (Phi) is 6.47. The maximum absolute atomic E-state index is 12.4. The number of carbonyl (C=O) groups is 2. The van der Waals surface area contributed by atoms with Crippen molar-refractivity contribution >= 4 is 23.4 Å². The molecule has 1 heterocycles. The molecule has 1 amide bonds. The van der Waals surface area contributed by atoms with Crippen LogP contribution >= 0.6 is 0 Å². The van der Waals surface area contributed by atoms with E-state index in [0.717, 1.165) is 13.1 Å². The van der Waals surface area contributed by atoms with Crippen molar-refractivity contribution in [3.8, 4) is 0 Å². The Labute approximate surface area is 147 Å². The summed E-state index contributed by atoms with van der Waals surface area (Å²) in [6, 6.07) is 9.86. The lowest BCUT2D eigenvalue weighted by molar-refractivity contribution is 0.0600. The summed E-state index contributed by atoms with van der Waals surface area (Å²) in [6.45, 7) is 1.60. The Bertz CT molecular complexity index is 729. The highest BCUT2D eigenvalue weighted by atomic mass is 16.5. The van der Waals surface area contributed by atoms with Crippen molar-refractivity contribution in [1.29, 1.82) is 0 Å². The van der Waals surface area contributed by atoms with Crippen molar-refractivity contribution in [2.24, 2.45) is 0 Å². The summed E-state index contributed by atoms with van der Waals surface area (Å²) < 4.78 is 4.64. The van der Waals surface area contributed by atoms with Gasteiger partial charge in [0.25, 0.3) is 5.91 Å². The molecule has 2 rings (SSSR count). The van der Waals surface area contributed by atoms with Crippen LogP contribution in [0.1, 0.15) is 20.7 Å². The minimum atomic E-state index is -0.416. The van der Waals surface area contributed by atoms with Gasteiger partial charge in [0.05, 0.1) is 12.7 Å². The first-order valence-electron chi connectivity index (χ1n) is 7.84. The molecule has 2 aromatic rings. The van der Waals surface area contributed by atoms with E-state index in [9.17, 15) is 9.59 Å². The molecule has 132 valence electrons. The zero-order chi connectivity index (χ0) is 18.2. The quantitative estimate of drug-likeness (QED) is 0.750. The van der Waals surface area contributed by atoms with Gasteiger partial charge in [-0.2, -0.15) is 0 Å². The van der Waals surface area contributed by atoms with Gasteiger partial charge in [0, 0.05) is 30.5 Å². The molecule has 7 nitrogen and oxygen atoms in total. The van der Waals surface area contributed by atoms with E-state index in [-0.39, 0.29) is 5.91 Å². The fourth-order valence-corrected chi connectivity index (χ4v) is 2.09. The van der Waals surface area contributed by atoms with Crippen LogP contribution in [-0.2, 0) is 4.74 Å². The maximum atomic E-state index is 12.4. The highest BCUT2D eigenvalue weighted by molar-refractivity contribution is 6.04. The molecule has 0 aliphatic rings. The Morgan fingerprint density at radius 3 is 2.48 bits per heavy atom. The number of anilines is 2. The monoisotopic (exact) mass is 342 g/mol. The summed E-state index contributed by atoms with van der Waals surface area (Å²) in [6.07, 6.45) is 1.59. The Balaban J connectivity index is 1.99. The highest BCUT2D eigenvalue weighted by Gasteiger charge is 2.09. The maximum Gasteiger partial charge on any atom is 0.337 e. The zero-order valence-corrected chi connectivity index (χ0v) is 14.6. The predicted octanol–water partition coefficient (Wildman–Crippen LogP) is 2.09. The van der Waals surface area contributed by atoms with Gasteiger partial charge in [-0.3, -0.25) is 4.79 Å². The van der Waals surface area contributed by atoms with Gasteiger partial charge in [-0.15, -0.1) is 0 Å². The fraction of sp³-hybridized carbons (Fsp3) is 0.278. The summed E-state index contributed by atoms with van der Waals surface area (Å²) in [4.78, 5) is 30.0. The summed E-state index contributed by atoms with van der Waals surface area (Å²) in [5.41, 5.74) is 1.52. The van der Waals surface area contributed by atoms with E-state index in [0.29, 0.717) is 22.6 Å². The van der Waals surface area contributed by atoms with E-state index in [2.05, 4.69) is 25.3 Å². The van der Waals surface area contributed by atoms with E-state index in [1.807, 2.05) is 14.1 Å². The second kappa shape index (κ2) is 8.79. The van der Waals surface area contributed by atoms with Gasteiger partial charge in [-0.05, 0) is 50.5 Å². The molecule has 0 bridgehead atoms. The van der Waals surface area contributed by atoms with E-state index >= 15 is 0 Å². The third kappa shape index (κ3) is 5.58. The molecule has 0 radical (unpaired) electrons. The van der Waals surface area contributed by atoms with Crippen molar-refractivity contribution in [2.75, 3.05) is 44.9 Å². The molecule has 0 aliphatic carbocycles. The second-order valence-electron chi connectivity index (χ2n) is 5.68. The van der Waals surface area contributed by atoms with Gasteiger partial charge < -0.3 is 20.3 Å². The third-order valence-corrected chi connectivity index (χ3v) is 3.45. The van der Waals surface area contributed by atoms with Crippen LogP contribution in [0.5, 0.6) is 0 Å². The topological polar surface area (TPSA) is 83.6 Å². The lowest BCUT2D eigenvalue weighted by Crippen LogP contribution is -2.21. The van der Waals surface area contributed by atoms with Crippen molar-refractivity contribution in [2.45, 2.75) is 0 Å². The summed E-state index contributed by atoms with van der Waals surface area (Å²) >= 11 is 0. The summed E-state index contributed by atoms with van der Waals surface area (Å²) in [5.74, 6) is -0.0140. The van der Waals surface area contributed by atoms with Crippen molar-refractivity contribution in [1.82, 2.24) is 9.88 Å². The zero-order valence-electron chi connectivity index (χ0n) is 14.6. The lowest BCUT2D eigenvalue weighted by Gasteiger charge is -2.11. The number of nitrogens with one attached hydrogen (secondary N) is 2. The number of nitrogens with zero attached hydrogens (tertiary/aromatic N) is 2. The molecule has 0 atom stereocenters. The van der Waals surface area contributed by atoms with Gasteiger partial charge in [0.15, 0.2) is 0 Å². The number of amides is 1. The molecule has 0 aliphatic heterocycles. The number of likely N-dealkylation sites (N-methyl/N-ethyl adjacent to an activating group) is 1. The van der Waals surface area contributed by atoms with E-state index in [1.165, 1.54) is 7.11 Å². The van der Waals surface area contributed by atoms with Crippen LogP contribution < -0.4 is 10.6 Å². The SMILES string of the molecule is COC(=O)c1ccc(NC(=O)c2ccnc(NCCN(C)C)c2)cc1. The molecule has 0 fully saturated rings. The largest absolute Gasteiger partial charge is 0.465 e. The standard InChI is InChI=1S/C18H22N4O3/c1-22(2)11-10-20-16-12-14(8-9-19-16)17(23)21-15-6-4-13(5-7-15)18(24)25-3/h4-9,12H,10-11H2,1-3H3,(H,19,20)(H,21,23). The molecular formula is C18H22N4O3. The first kappa shape index (κ1) is 18.4. The van der Waals surface area contributed by atoms with Crippen LogP contribution in [0.3, 0.4) is 0 Å². The lowest BCUT2D eigenvalue weighted by atomic mass is 10.2. The number of rotatable bonds is 7. The van der Waals surface area contributed by atoms with Gasteiger partial charge in [-0.25, -0.2) is 9.78 Å². The van der Waals surface area contributed by atoms with Crippen LogP contribution in [0.4, 0.5) is 11.5 Å². The number of ether oxygens (including phenoxy) is 1. The van der Waals surface area contributed by atoms with Crippen molar-refractivity contribution < 1.29 is 14.3 Å². The Morgan fingerprint density at radius 1 is 1.12 bits per heavy atom. The Hall–Kier alpha value is -2.93. The molecular weight excluding hydrogens is 320 g/mol. The highest BCUT2D eigenvalue weighted by Crippen LogP contribution is 2.13. The first-order valence-corrected chi connectivity index (χ1v) is 7.84. The molecule has 0 unspecified atom stereocenters. The molecule has 0 spiro atoms. The van der Waals surface area contributed by atoms with Crippen LogP contribution in [-0.4, -0.2) is 56.1 Å². The second-order valence-corrected chi connectivity index (χ2v) is 5.68.